The molecule has 0 saturated carbocycles. The van der Waals surface area contributed by atoms with Crippen LogP contribution >= 0.6 is 0 Å². The maximum absolute atomic E-state index is 12.5. The van der Waals surface area contributed by atoms with Gasteiger partial charge in [-0.25, -0.2) is 13.2 Å². The number of amides is 2. The zero-order valence-electron chi connectivity index (χ0n) is 16.1. The molecule has 5 N–H and O–H groups in total. The fraction of sp³-hybridized carbons (Fsp3) is 0.0500. The number of benzene rings is 3. The Morgan fingerprint density at radius 2 is 1.55 bits per heavy atom. The van der Waals surface area contributed by atoms with Gasteiger partial charge in [0.05, 0.1) is 9.82 Å². The maximum Gasteiger partial charge on any atom is 0.323 e. The highest BCUT2D eigenvalue weighted by molar-refractivity contribution is 7.92. The number of urea groups is 1. The number of non-ortho nitro benzene ring substituents is 1. The van der Waals surface area contributed by atoms with E-state index in [1.54, 1.807) is 12.1 Å². The lowest BCUT2D eigenvalue weighted by Crippen LogP contribution is -2.19. The number of nitrogens with zero attached hydrogens (tertiary/aromatic N) is 1. The van der Waals surface area contributed by atoms with Crippen molar-refractivity contribution in [3.8, 4) is 0 Å². The minimum atomic E-state index is -3.79. The second kappa shape index (κ2) is 9.24. The van der Waals surface area contributed by atoms with Gasteiger partial charge < -0.3 is 16.4 Å². The van der Waals surface area contributed by atoms with Gasteiger partial charge in [-0.15, -0.1) is 0 Å². The van der Waals surface area contributed by atoms with Crippen LogP contribution in [0.15, 0.2) is 77.7 Å². The van der Waals surface area contributed by atoms with E-state index in [9.17, 15) is 23.3 Å². The van der Waals surface area contributed by atoms with Crippen LogP contribution in [-0.2, 0) is 16.6 Å². The number of nitro groups is 1. The number of rotatable bonds is 7. The van der Waals surface area contributed by atoms with E-state index < -0.39 is 21.0 Å². The largest absolute Gasteiger partial charge is 0.326 e. The Morgan fingerprint density at radius 1 is 0.903 bits per heavy atom. The van der Waals surface area contributed by atoms with Crippen LogP contribution in [0.3, 0.4) is 0 Å². The first kappa shape index (κ1) is 21.7. The van der Waals surface area contributed by atoms with E-state index in [0.29, 0.717) is 16.9 Å². The molecule has 0 spiro atoms. The van der Waals surface area contributed by atoms with E-state index in [1.165, 1.54) is 60.7 Å². The van der Waals surface area contributed by atoms with Crippen LogP contribution < -0.4 is 21.1 Å². The van der Waals surface area contributed by atoms with Crippen LogP contribution in [0.1, 0.15) is 5.56 Å². The molecule has 10 nitrogen and oxygen atoms in total. The molecule has 11 heteroatoms. The van der Waals surface area contributed by atoms with Gasteiger partial charge in [0.25, 0.3) is 15.7 Å². The summed E-state index contributed by atoms with van der Waals surface area (Å²) in [5, 5.41) is 15.9. The molecule has 0 radical (unpaired) electrons. The monoisotopic (exact) mass is 441 g/mol. The first-order chi connectivity index (χ1) is 14.8. The van der Waals surface area contributed by atoms with E-state index in [4.69, 9.17) is 5.73 Å². The second-order valence-electron chi connectivity index (χ2n) is 6.42. The van der Waals surface area contributed by atoms with Crippen LogP contribution in [0.4, 0.5) is 27.5 Å². The third-order valence-electron chi connectivity index (χ3n) is 4.15. The molecule has 31 heavy (non-hydrogen) atoms. The van der Waals surface area contributed by atoms with Crippen molar-refractivity contribution in [2.45, 2.75) is 11.4 Å². The van der Waals surface area contributed by atoms with E-state index >= 15 is 0 Å². The minimum absolute atomic E-state index is 0.0917. The molecule has 0 saturated heterocycles. The molecule has 0 aliphatic carbocycles. The molecule has 3 aromatic carbocycles. The van der Waals surface area contributed by atoms with Gasteiger partial charge in [-0.05, 0) is 48.0 Å². The zero-order chi connectivity index (χ0) is 22.4. The van der Waals surface area contributed by atoms with Gasteiger partial charge in [0, 0.05) is 35.7 Å². The molecule has 0 bridgehead atoms. The van der Waals surface area contributed by atoms with Gasteiger partial charge in [0.2, 0.25) is 0 Å². The molecule has 0 aliphatic rings. The van der Waals surface area contributed by atoms with Gasteiger partial charge in [0.15, 0.2) is 0 Å². The quantitative estimate of drug-likeness (QED) is 0.325. The van der Waals surface area contributed by atoms with E-state index in [-0.39, 0.29) is 22.8 Å². The van der Waals surface area contributed by atoms with Gasteiger partial charge in [-0.1, -0.05) is 18.2 Å². The molecule has 0 unspecified atom stereocenters. The highest BCUT2D eigenvalue weighted by Gasteiger charge is 2.15. The SMILES string of the molecule is NCc1cccc(S(=O)(=O)Nc2ccc(NC(=O)Nc3cccc([N+](=O)[O-])c3)cc2)c1. The summed E-state index contributed by atoms with van der Waals surface area (Å²) in [7, 11) is -3.79. The summed E-state index contributed by atoms with van der Waals surface area (Å²) in [5.74, 6) is 0. The Morgan fingerprint density at radius 3 is 2.23 bits per heavy atom. The Hall–Kier alpha value is -3.96. The lowest BCUT2D eigenvalue weighted by atomic mass is 10.2. The summed E-state index contributed by atoms with van der Waals surface area (Å²) < 4.78 is 27.5. The first-order valence-corrected chi connectivity index (χ1v) is 10.5. The van der Waals surface area contributed by atoms with Crippen LogP contribution in [0, 0.1) is 10.1 Å². The van der Waals surface area contributed by atoms with Crippen LogP contribution in [0.25, 0.3) is 0 Å². The summed E-state index contributed by atoms with van der Waals surface area (Å²) in [6, 6.07) is 17.2. The topological polar surface area (TPSA) is 156 Å². The number of nitrogens with two attached hydrogens (primary N) is 1. The zero-order valence-corrected chi connectivity index (χ0v) is 16.9. The second-order valence-corrected chi connectivity index (χ2v) is 8.10. The first-order valence-electron chi connectivity index (χ1n) is 9.01. The van der Waals surface area contributed by atoms with Crippen molar-refractivity contribution in [1.82, 2.24) is 0 Å². The van der Waals surface area contributed by atoms with E-state index in [2.05, 4.69) is 15.4 Å². The third-order valence-corrected chi connectivity index (χ3v) is 5.53. The fourth-order valence-corrected chi connectivity index (χ4v) is 3.79. The summed E-state index contributed by atoms with van der Waals surface area (Å²) in [6.45, 7) is 0.224. The predicted molar refractivity (Wildman–Crippen MR) is 117 cm³/mol. The molecule has 0 atom stereocenters. The lowest BCUT2D eigenvalue weighted by Gasteiger charge is -2.11. The number of sulfonamides is 1. The molecule has 3 aromatic rings. The maximum atomic E-state index is 12.5. The van der Waals surface area contributed by atoms with E-state index in [0.717, 1.165) is 0 Å². The van der Waals surface area contributed by atoms with Crippen LogP contribution in [-0.4, -0.2) is 19.4 Å². The number of nitrogens with one attached hydrogen (secondary N) is 3. The van der Waals surface area contributed by atoms with Gasteiger partial charge >= 0.3 is 6.03 Å². The molecule has 3 rings (SSSR count). The Labute approximate surface area is 178 Å². The van der Waals surface area contributed by atoms with Crippen molar-refractivity contribution in [3.63, 3.8) is 0 Å². The summed E-state index contributed by atoms with van der Waals surface area (Å²) >= 11 is 0. The molecule has 2 amide bonds. The Bertz CT molecular complexity index is 1210. The highest BCUT2D eigenvalue weighted by Crippen LogP contribution is 2.20. The average Bonchev–Trinajstić information content (AvgIpc) is 2.75. The van der Waals surface area contributed by atoms with Gasteiger partial charge in [-0.3, -0.25) is 14.8 Å². The number of carbonyl (C=O) groups is 1. The normalized spacial score (nSPS) is 10.9. The molecule has 0 aromatic heterocycles. The van der Waals surface area contributed by atoms with Gasteiger partial charge in [-0.2, -0.15) is 0 Å². The van der Waals surface area contributed by atoms with Crippen molar-refractivity contribution >= 4 is 38.8 Å². The van der Waals surface area contributed by atoms with E-state index in [1.807, 2.05) is 0 Å². The fourth-order valence-electron chi connectivity index (χ4n) is 2.67. The molecular formula is C20H19N5O5S. The standard InChI is InChI=1S/C20H19N5O5S/c21-13-14-3-1-6-19(11-14)31(29,30)24-16-9-7-15(8-10-16)22-20(26)23-17-4-2-5-18(12-17)25(27)28/h1-12,24H,13,21H2,(H2,22,23,26). The number of carbonyl (C=O) groups excluding carboxylic acids is 1. The van der Waals surface area contributed by atoms with Gasteiger partial charge in [0.1, 0.15) is 0 Å². The van der Waals surface area contributed by atoms with Crippen LogP contribution in [0.2, 0.25) is 0 Å². The number of nitro benzene ring substituents is 1. The Kier molecular flexibility index (Phi) is 6.48. The lowest BCUT2D eigenvalue weighted by molar-refractivity contribution is -0.384. The van der Waals surface area contributed by atoms with Crippen molar-refractivity contribution in [1.29, 1.82) is 0 Å². The molecule has 160 valence electrons. The van der Waals surface area contributed by atoms with Crippen molar-refractivity contribution in [2.24, 2.45) is 5.73 Å². The number of anilines is 3. The summed E-state index contributed by atoms with van der Waals surface area (Å²) in [6.07, 6.45) is 0. The smallest absolute Gasteiger partial charge is 0.323 e. The number of hydrogen-bond acceptors (Lipinski definition) is 6. The average molecular weight is 441 g/mol. The molecular weight excluding hydrogens is 422 g/mol. The molecule has 0 fully saturated rings. The minimum Gasteiger partial charge on any atom is -0.326 e. The summed E-state index contributed by atoms with van der Waals surface area (Å²) in [5.41, 5.74) is 7.07. The molecule has 0 heterocycles. The highest BCUT2D eigenvalue weighted by atomic mass is 32.2. The number of hydrogen-bond donors (Lipinski definition) is 4. The summed E-state index contributed by atoms with van der Waals surface area (Å²) in [4.78, 5) is 22.4. The van der Waals surface area contributed by atoms with Crippen molar-refractivity contribution in [3.05, 3.63) is 88.5 Å². The predicted octanol–water partition coefficient (Wildman–Crippen LogP) is 3.50. The Balaban J connectivity index is 1.64. The van der Waals surface area contributed by atoms with Crippen LogP contribution in [0.5, 0.6) is 0 Å². The molecule has 0 aliphatic heterocycles. The third kappa shape index (κ3) is 5.78. The van der Waals surface area contributed by atoms with Crippen molar-refractivity contribution < 1.29 is 18.1 Å². The van der Waals surface area contributed by atoms with Crippen molar-refractivity contribution in [2.75, 3.05) is 15.4 Å².